The first-order chi connectivity index (χ1) is 12.9. The van der Waals surface area contributed by atoms with Gasteiger partial charge in [0.25, 0.3) is 0 Å². The fourth-order valence-corrected chi connectivity index (χ4v) is 2.77. The lowest BCUT2D eigenvalue weighted by atomic mass is 9.90. The van der Waals surface area contributed by atoms with E-state index in [0.29, 0.717) is 5.75 Å². The van der Waals surface area contributed by atoms with E-state index < -0.39 is 18.2 Å². The van der Waals surface area contributed by atoms with Crippen molar-refractivity contribution in [3.63, 3.8) is 0 Å². The number of hydrogen-bond acceptors (Lipinski definition) is 4. The van der Waals surface area contributed by atoms with Crippen molar-refractivity contribution in [2.24, 2.45) is 0 Å². The van der Waals surface area contributed by atoms with Crippen LogP contribution in [0.2, 0.25) is 0 Å². The van der Waals surface area contributed by atoms with Crippen LogP contribution in [0.5, 0.6) is 17.2 Å². The maximum absolute atomic E-state index is 13.8. The molecule has 0 amide bonds. The van der Waals surface area contributed by atoms with Crippen LogP contribution in [0.3, 0.4) is 0 Å². The van der Waals surface area contributed by atoms with Gasteiger partial charge in [-0.1, -0.05) is 30.3 Å². The lowest BCUT2D eigenvalue weighted by Crippen LogP contribution is -2.16. The van der Waals surface area contributed by atoms with Crippen molar-refractivity contribution in [2.45, 2.75) is 12.6 Å². The largest absolute Gasteiger partial charge is 0.496 e. The monoisotopic (exact) mass is 380 g/mol. The number of alkyl halides is 3. The number of methoxy groups -OCH3 is 3. The lowest BCUT2D eigenvalue weighted by Gasteiger charge is -2.22. The number of rotatable bonds is 7. The summed E-state index contributed by atoms with van der Waals surface area (Å²) < 4.78 is 57.3. The second kappa shape index (κ2) is 8.62. The summed E-state index contributed by atoms with van der Waals surface area (Å²) in [6.07, 6.45) is -5.29. The number of hydrogen-bond donors (Lipinski definition) is 0. The van der Waals surface area contributed by atoms with E-state index in [2.05, 4.69) is 0 Å². The summed E-state index contributed by atoms with van der Waals surface area (Å²) in [6, 6.07) is 10.9. The van der Waals surface area contributed by atoms with Gasteiger partial charge in [-0.05, 0) is 5.56 Å². The molecule has 2 rings (SSSR count). The van der Waals surface area contributed by atoms with Crippen molar-refractivity contribution in [1.29, 1.82) is 0 Å². The van der Waals surface area contributed by atoms with Crippen molar-refractivity contribution in [2.75, 3.05) is 21.3 Å². The van der Waals surface area contributed by atoms with Gasteiger partial charge in [-0.3, -0.25) is 0 Å². The van der Waals surface area contributed by atoms with Crippen LogP contribution in [0.15, 0.2) is 48.0 Å². The third-order valence-electron chi connectivity index (χ3n) is 3.96. The minimum Gasteiger partial charge on any atom is -0.496 e. The molecule has 0 fully saturated rings. The fraction of sp³-hybridized carbons (Fsp3) is 0.250. The maximum atomic E-state index is 13.8. The van der Waals surface area contributed by atoms with Gasteiger partial charge < -0.3 is 19.0 Å². The Labute approximate surface area is 155 Å². The molecule has 7 heteroatoms. The van der Waals surface area contributed by atoms with Crippen molar-refractivity contribution in [3.8, 4) is 17.2 Å². The van der Waals surface area contributed by atoms with Gasteiger partial charge in [-0.2, -0.15) is 13.2 Å². The van der Waals surface area contributed by atoms with Gasteiger partial charge in [0.05, 0.1) is 26.9 Å². The van der Waals surface area contributed by atoms with Crippen LogP contribution < -0.4 is 14.2 Å². The van der Waals surface area contributed by atoms with E-state index in [1.54, 1.807) is 18.2 Å². The first kappa shape index (κ1) is 20.4. The van der Waals surface area contributed by atoms with Gasteiger partial charge in [0, 0.05) is 29.7 Å². The molecule has 4 nitrogen and oxygen atoms in total. The Morgan fingerprint density at radius 2 is 1.52 bits per heavy atom. The Hall–Kier alpha value is -2.96. The summed E-state index contributed by atoms with van der Waals surface area (Å²) in [5.74, 6) is 0.638. The molecule has 0 saturated heterocycles. The Morgan fingerprint density at radius 3 is 1.93 bits per heavy atom. The topological polar surface area (TPSA) is 44.8 Å². The molecule has 27 heavy (non-hydrogen) atoms. The highest BCUT2D eigenvalue weighted by Crippen LogP contribution is 2.46. The third-order valence-corrected chi connectivity index (χ3v) is 3.96. The van der Waals surface area contributed by atoms with E-state index in [4.69, 9.17) is 14.2 Å². The van der Waals surface area contributed by atoms with E-state index in [-0.39, 0.29) is 34.5 Å². The molecule has 0 unspecified atom stereocenters. The molecule has 144 valence electrons. The number of aldehydes is 1. The van der Waals surface area contributed by atoms with Crippen LogP contribution in [0.1, 0.15) is 17.5 Å². The van der Waals surface area contributed by atoms with Gasteiger partial charge in [0.2, 0.25) is 0 Å². The average Bonchev–Trinajstić information content (AvgIpc) is 2.67. The minimum atomic E-state index is -4.72. The van der Waals surface area contributed by atoms with Crippen LogP contribution in [0.4, 0.5) is 13.2 Å². The molecule has 0 spiro atoms. The molecule has 0 saturated carbocycles. The van der Waals surface area contributed by atoms with Gasteiger partial charge in [-0.15, -0.1) is 0 Å². The molecule has 0 radical (unpaired) electrons. The Morgan fingerprint density at radius 1 is 0.963 bits per heavy atom. The van der Waals surface area contributed by atoms with Crippen LogP contribution in [-0.2, 0) is 4.79 Å². The molecule has 0 atom stereocenters. The highest BCUT2D eigenvalue weighted by molar-refractivity contribution is 5.90. The molecule has 0 aliphatic carbocycles. The van der Waals surface area contributed by atoms with Crippen LogP contribution in [0, 0.1) is 0 Å². The standard InChI is InChI=1S/C20H19F3O4/c1-25-14-11-16(26-2)19(17(12-14)27-3)18(13-7-5-4-6-8-13)15(9-10-24)20(21,22)23/h4-8,10-12H,9H2,1-3H3/b18-15+. The summed E-state index contributed by atoms with van der Waals surface area (Å²) in [5, 5.41) is 0. The number of ether oxygens (including phenoxy) is 3. The van der Waals surface area contributed by atoms with Gasteiger partial charge in [-0.25, -0.2) is 0 Å². The lowest BCUT2D eigenvalue weighted by molar-refractivity contribution is -0.113. The normalized spacial score (nSPS) is 12.2. The van der Waals surface area contributed by atoms with Crippen LogP contribution in [-0.4, -0.2) is 33.8 Å². The zero-order chi connectivity index (χ0) is 20.0. The molecule has 0 heterocycles. The van der Waals surface area contributed by atoms with E-state index in [9.17, 15) is 18.0 Å². The maximum Gasteiger partial charge on any atom is 0.413 e. The molecular weight excluding hydrogens is 361 g/mol. The summed E-state index contributed by atoms with van der Waals surface area (Å²) in [6.45, 7) is 0. The first-order valence-electron chi connectivity index (χ1n) is 7.97. The molecule has 0 aromatic heterocycles. The van der Waals surface area contributed by atoms with Crippen molar-refractivity contribution in [3.05, 3.63) is 59.2 Å². The second-order valence-electron chi connectivity index (χ2n) is 5.50. The fourth-order valence-electron chi connectivity index (χ4n) is 2.77. The Balaban J connectivity index is 2.97. The number of halogens is 3. The predicted octanol–water partition coefficient (Wildman–Crippen LogP) is 4.67. The smallest absolute Gasteiger partial charge is 0.413 e. The molecule has 0 N–H and O–H groups in total. The van der Waals surface area contributed by atoms with E-state index in [1.807, 2.05) is 0 Å². The Bertz CT molecular complexity index is 802. The van der Waals surface area contributed by atoms with Gasteiger partial charge >= 0.3 is 6.18 Å². The van der Waals surface area contributed by atoms with Crippen molar-refractivity contribution in [1.82, 2.24) is 0 Å². The highest BCUT2D eigenvalue weighted by Gasteiger charge is 2.38. The molecule has 0 bridgehead atoms. The Kier molecular flexibility index (Phi) is 6.50. The zero-order valence-corrected chi connectivity index (χ0v) is 15.1. The number of allylic oxidation sites excluding steroid dienone is 1. The van der Waals surface area contributed by atoms with Gasteiger partial charge in [0.1, 0.15) is 23.5 Å². The summed E-state index contributed by atoms with van der Waals surface area (Å²) in [4.78, 5) is 11.0. The van der Waals surface area contributed by atoms with E-state index in [1.165, 1.54) is 45.6 Å². The first-order valence-corrected chi connectivity index (χ1v) is 7.97. The van der Waals surface area contributed by atoms with E-state index >= 15 is 0 Å². The molecular formula is C20H19F3O4. The quantitative estimate of drug-likeness (QED) is 0.655. The molecule has 2 aromatic carbocycles. The molecule has 0 aliphatic rings. The summed E-state index contributed by atoms with van der Waals surface area (Å²) >= 11 is 0. The number of benzene rings is 2. The highest BCUT2D eigenvalue weighted by atomic mass is 19.4. The third kappa shape index (κ3) is 4.42. The number of carbonyl (C=O) groups is 1. The second-order valence-corrected chi connectivity index (χ2v) is 5.50. The molecule has 2 aromatic rings. The van der Waals surface area contributed by atoms with Crippen molar-refractivity contribution >= 4 is 11.9 Å². The predicted molar refractivity (Wildman–Crippen MR) is 95.3 cm³/mol. The van der Waals surface area contributed by atoms with Crippen LogP contribution >= 0.6 is 0 Å². The SMILES string of the molecule is COc1cc(OC)c(/C(=C(\CC=O)C(F)(F)F)c2ccccc2)c(OC)c1. The average molecular weight is 380 g/mol. The zero-order valence-electron chi connectivity index (χ0n) is 15.1. The summed E-state index contributed by atoms with van der Waals surface area (Å²) in [7, 11) is 4.11. The van der Waals surface area contributed by atoms with E-state index in [0.717, 1.165) is 0 Å². The summed E-state index contributed by atoms with van der Waals surface area (Å²) in [5.41, 5.74) is -0.772. The van der Waals surface area contributed by atoms with Crippen molar-refractivity contribution < 1.29 is 32.2 Å². The van der Waals surface area contributed by atoms with Crippen LogP contribution in [0.25, 0.3) is 5.57 Å². The van der Waals surface area contributed by atoms with Gasteiger partial charge in [0.15, 0.2) is 0 Å². The minimum absolute atomic E-state index is 0.0983. The molecule has 0 aliphatic heterocycles. The number of carbonyl (C=O) groups excluding carboxylic acids is 1.